The molecule has 0 aliphatic heterocycles. The Labute approximate surface area is 118 Å². The molecular formula is C11H13ClF4N2O2. The number of alkyl halides is 3. The fourth-order valence-electron chi connectivity index (χ4n) is 1.35. The molecule has 1 amide bonds. The fraction of sp³-hybridized carbons (Fsp3) is 0.364. The van der Waals surface area contributed by atoms with Crippen molar-refractivity contribution in [3.8, 4) is 0 Å². The number of anilines is 1. The average Bonchev–Trinajstić information content (AvgIpc) is 2.31. The van der Waals surface area contributed by atoms with Crippen LogP contribution in [0.3, 0.4) is 0 Å². The van der Waals surface area contributed by atoms with Crippen LogP contribution in [0.15, 0.2) is 18.2 Å². The van der Waals surface area contributed by atoms with E-state index in [1.807, 2.05) is 0 Å². The summed E-state index contributed by atoms with van der Waals surface area (Å²) in [6.45, 7) is -0.129. The van der Waals surface area contributed by atoms with Crippen LogP contribution in [0.4, 0.5) is 23.2 Å². The number of hydrogen-bond acceptors (Lipinski definition) is 3. The predicted octanol–water partition coefficient (Wildman–Crippen LogP) is 2.18. The highest BCUT2D eigenvalue weighted by Crippen LogP contribution is 2.32. The Kier molecular flexibility index (Phi) is 6.90. The van der Waals surface area contributed by atoms with Gasteiger partial charge in [-0.15, -0.1) is 12.4 Å². The zero-order valence-electron chi connectivity index (χ0n) is 10.3. The van der Waals surface area contributed by atoms with Gasteiger partial charge in [0.2, 0.25) is 0 Å². The van der Waals surface area contributed by atoms with Crippen molar-refractivity contribution in [1.82, 2.24) is 0 Å². The summed E-state index contributed by atoms with van der Waals surface area (Å²) in [5.41, 5.74) is 3.60. The van der Waals surface area contributed by atoms with Crippen molar-refractivity contribution in [3.63, 3.8) is 0 Å². The van der Waals surface area contributed by atoms with Crippen LogP contribution in [0.1, 0.15) is 5.56 Å². The Morgan fingerprint density at radius 2 is 2.05 bits per heavy atom. The van der Waals surface area contributed by atoms with Gasteiger partial charge in [-0.05, 0) is 18.2 Å². The number of carbonyl (C=O) groups is 1. The second kappa shape index (κ2) is 7.41. The molecule has 0 heterocycles. The smallest absolute Gasteiger partial charge is 0.370 e. The van der Waals surface area contributed by atoms with Crippen LogP contribution in [0, 0.1) is 5.82 Å². The Morgan fingerprint density at radius 1 is 1.45 bits per heavy atom. The molecule has 0 aliphatic rings. The first-order valence-corrected chi connectivity index (χ1v) is 5.20. The van der Waals surface area contributed by atoms with Gasteiger partial charge in [0.25, 0.3) is 5.91 Å². The van der Waals surface area contributed by atoms with Crippen molar-refractivity contribution in [3.05, 3.63) is 29.6 Å². The summed E-state index contributed by atoms with van der Waals surface area (Å²) in [5.74, 6) is -2.11. The van der Waals surface area contributed by atoms with Crippen LogP contribution >= 0.6 is 12.4 Å². The number of ether oxygens (including phenoxy) is 1. The second-order valence-corrected chi connectivity index (χ2v) is 3.64. The number of amides is 1. The van der Waals surface area contributed by atoms with Gasteiger partial charge in [-0.1, -0.05) is 0 Å². The van der Waals surface area contributed by atoms with Gasteiger partial charge in [0.1, 0.15) is 11.9 Å². The first-order chi connectivity index (χ1) is 8.79. The molecule has 114 valence electrons. The molecule has 1 unspecified atom stereocenters. The van der Waals surface area contributed by atoms with Crippen molar-refractivity contribution >= 4 is 24.0 Å². The van der Waals surface area contributed by atoms with E-state index in [1.165, 1.54) is 7.11 Å². The molecule has 20 heavy (non-hydrogen) atoms. The number of hydrogen-bond donors (Lipinski definition) is 2. The number of rotatable bonds is 4. The zero-order valence-corrected chi connectivity index (χ0v) is 11.1. The summed E-state index contributed by atoms with van der Waals surface area (Å²) in [4.78, 5) is 11.5. The molecule has 0 spiro atoms. The van der Waals surface area contributed by atoms with Gasteiger partial charge in [-0.2, -0.15) is 13.2 Å². The third-order valence-corrected chi connectivity index (χ3v) is 2.33. The van der Waals surface area contributed by atoms with Gasteiger partial charge in [0.15, 0.2) is 0 Å². The molecule has 0 bridgehead atoms. The Balaban J connectivity index is 0.00000361. The Morgan fingerprint density at radius 3 is 2.50 bits per heavy atom. The molecular weight excluding hydrogens is 304 g/mol. The van der Waals surface area contributed by atoms with Crippen molar-refractivity contribution in [1.29, 1.82) is 0 Å². The van der Waals surface area contributed by atoms with Crippen molar-refractivity contribution in [2.24, 2.45) is 5.73 Å². The summed E-state index contributed by atoms with van der Waals surface area (Å²) in [6.07, 6.45) is -5.82. The number of methoxy groups -OCH3 is 1. The molecule has 0 aromatic heterocycles. The minimum absolute atomic E-state index is 0. The van der Waals surface area contributed by atoms with Crippen LogP contribution in [0.2, 0.25) is 0 Å². The molecule has 0 saturated carbocycles. The number of nitrogens with one attached hydrogen (secondary N) is 1. The molecule has 1 atom stereocenters. The lowest BCUT2D eigenvalue weighted by Crippen LogP contribution is -2.36. The quantitative estimate of drug-likeness (QED) is 0.837. The summed E-state index contributed by atoms with van der Waals surface area (Å²) in [7, 11) is 1.24. The molecule has 1 aromatic rings. The van der Waals surface area contributed by atoms with E-state index in [1.54, 1.807) is 0 Å². The van der Waals surface area contributed by atoms with E-state index in [4.69, 9.17) is 10.5 Å². The first-order valence-electron chi connectivity index (χ1n) is 5.20. The van der Waals surface area contributed by atoms with Gasteiger partial charge in [-0.25, -0.2) is 4.39 Å². The Bertz CT molecular complexity index is 464. The SMILES string of the molecule is COC(CN)C(=O)Nc1ccc(F)c(C(F)(F)F)c1.Cl. The van der Waals surface area contributed by atoms with E-state index >= 15 is 0 Å². The minimum atomic E-state index is -4.83. The van der Waals surface area contributed by atoms with Crippen molar-refractivity contribution in [2.45, 2.75) is 12.3 Å². The monoisotopic (exact) mass is 316 g/mol. The number of benzene rings is 1. The third-order valence-electron chi connectivity index (χ3n) is 2.33. The van der Waals surface area contributed by atoms with Crippen LogP contribution in [0.25, 0.3) is 0 Å². The molecule has 0 saturated heterocycles. The number of nitrogens with two attached hydrogens (primary N) is 1. The minimum Gasteiger partial charge on any atom is -0.370 e. The van der Waals surface area contributed by atoms with Crippen molar-refractivity contribution < 1.29 is 27.1 Å². The van der Waals surface area contributed by atoms with Gasteiger partial charge in [0, 0.05) is 19.3 Å². The van der Waals surface area contributed by atoms with Gasteiger partial charge < -0.3 is 15.8 Å². The standard InChI is InChI=1S/C11H12F4N2O2.ClH/c1-19-9(5-16)10(18)17-6-2-3-8(12)7(4-6)11(13,14)15;/h2-4,9H,5,16H2,1H3,(H,17,18);1H. The summed E-state index contributed by atoms with van der Waals surface area (Å²) < 4.78 is 55.1. The highest BCUT2D eigenvalue weighted by atomic mass is 35.5. The third kappa shape index (κ3) is 4.62. The molecule has 0 aliphatic carbocycles. The first kappa shape index (κ1) is 18.6. The number of halogens is 5. The maximum Gasteiger partial charge on any atom is 0.419 e. The summed E-state index contributed by atoms with van der Waals surface area (Å²) >= 11 is 0. The largest absolute Gasteiger partial charge is 0.419 e. The van der Waals surface area contributed by atoms with E-state index < -0.39 is 29.6 Å². The normalized spacial score (nSPS) is 12.5. The molecule has 4 nitrogen and oxygen atoms in total. The second-order valence-electron chi connectivity index (χ2n) is 3.64. The van der Waals surface area contributed by atoms with Crippen LogP contribution in [-0.4, -0.2) is 25.7 Å². The van der Waals surface area contributed by atoms with Crippen LogP contribution in [0.5, 0.6) is 0 Å². The maximum absolute atomic E-state index is 13.0. The van der Waals surface area contributed by atoms with E-state index in [0.29, 0.717) is 12.1 Å². The molecule has 1 aromatic carbocycles. The molecule has 3 N–H and O–H groups in total. The van der Waals surface area contributed by atoms with E-state index in [0.717, 1.165) is 6.07 Å². The van der Waals surface area contributed by atoms with E-state index in [9.17, 15) is 22.4 Å². The average molecular weight is 317 g/mol. The fourth-order valence-corrected chi connectivity index (χ4v) is 1.35. The van der Waals surface area contributed by atoms with Crippen molar-refractivity contribution in [2.75, 3.05) is 19.0 Å². The zero-order chi connectivity index (χ0) is 14.6. The lowest BCUT2D eigenvalue weighted by molar-refractivity contribution is -0.140. The highest BCUT2D eigenvalue weighted by Gasteiger charge is 2.34. The lowest BCUT2D eigenvalue weighted by Gasteiger charge is -2.14. The van der Waals surface area contributed by atoms with Gasteiger partial charge >= 0.3 is 6.18 Å². The van der Waals surface area contributed by atoms with Gasteiger partial charge in [0.05, 0.1) is 5.56 Å². The molecule has 9 heteroatoms. The van der Waals surface area contributed by atoms with Gasteiger partial charge in [-0.3, -0.25) is 4.79 Å². The molecule has 1 rings (SSSR count). The summed E-state index contributed by atoms with van der Waals surface area (Å²) in [5, 5.41) is 2.17. The lowest BCUT2D eigenvalue weighted by atomic mass is 10.1. The highest BCUT2D eigenvalue weighted by molar-refractivity contribution is 5.94. The maximum atomic E-state index is 13.0. The molecule has 0 fully saturated rings. The van der Waals surface area contributed by atoms with E-state index in [-0.39, 0.29) is 24.6 Å². The van der Waals surface area contributed by atoms with Crippen LogP contribution in [-0.2, 0) is 15.7 Å². The Hall–Kier alpha value is -1.38. The molecule has 0 radical (unpaired) electrons. The summed E-state index contributed by atoms with van der Waals surface area (Å²) in [6, 6.07) is 2.16. The topological polar surface area (TPSA) is 64.3 Å². The van der Waals surface area contributed by atoms with Crippen LogP contribution < -0.4 is 11.1 Å². The number of carbonyl (C=O) groups excluding carboxylic acids is 1. The van der Waals surface area contributed by atoms with E-state index in [2.05, 4.69) is 5.32 Å². The predicted molar refractivity (Wildman–Crippen MR) is 67.1 cm³/mol.